The molecule has 2 saturated heterocycles. The first-order valence-corrected chi connectivity index (χ1v) is 9.12. The molecule has 6 heteroatoms. The summed E-state index contributed by atoms with van der Waals surface area (Å²) in [5.41, 5.74) is 1.20. The maximum absolute atomic E-state index is 13.2. The molecule has 0 N–H and O–H groups in total. The van der Waals surface area contributed by atoms with E-state index >= 15 is 0 Å². The Morgan fingerprint density at radius 1 is 0.963 bits per heavy atom. The number of rotatable bonds is 4. The number of carbonyl (C=O) groups is 2. The normalized spacial score (nSPS) is 24.8. The van der Waals surface area contributed by atoms with Crippen molar-refractivity contribution in [3.05, 3.63) is 60.4 Å². The van der Waals surface area contributed by atoms with Crippen LogP contribution in [0.25, 0.3) is 0 Å². The molecule has 0 saturated carbocycles. The number of carbonyl (C=O) groups excluding carboxylic acids is 2. The van der Waals surface area contributed by atoms with E-state index in [1.54, 1.807) is 5.06 Å². The van der Waals surface area contributed by atoms with Gasteiger partial charge in [-0.1, -0.05) is 32.0 Å². The second-order valence-corrected chi connectivity index (χ2v) is 7.40. The number of hydrogen-bond donors (Lipinski definition) is 0. The third-order valence-corrected chi connectivity index (χ3v) is 5.05. The van der Waals surface area contributed by atoms with Gasteiger partial charge in [0.1, 0.15) is 5.82 Å². The lowest BCUT2D eigenvalue weighted by Gasteiger charge is -2.29. The highest BCUT2D eigenvalue weighted by Crippen LogP contribution is 2.42. The second kappa shape index (κ2) is 6.78. The van der Waals surface area contributed by atoms with Gasteiger partial charge in [0.15, 0.2) is 6.10 Å². The molecule has 27 heavy (non-hydrogen) atoms. The fourth-order valence-electron chi connectivity index (χ4n) is 3.89. The van der Waals surface area contributed by atoms with E-state index in [9.17, 15) is 14.0 Å². The molecule has 2 aliphatic heterocycles. The molecule has 3 atom stereocenters. The summed E-state index contributed by atoms with van der Waals surface area (Å²) in [7, 11) is 0. The number of benzene rings is 2. The highest BCUT2D eigenvalue weighted by atomic mass is 19.1. The summed E-state index contributed by atoms with van der Waals surface area (Å²) < 4.78 is 13.2. The first kappa shape index (κ1) is 17.7. The standard InChI is InChI=1S/C21H21FN2O3/c1-13(2)12-17-18-19(27-24(17)16-6-4-3-5-7-16)21(26)23(20(18)25)15-10-8-14(22)9-11-15/h3-11,13,17-19H,12H2,1-2H3/t17-,18-,19+/m1/s1. The zero-order valence-corrected chi connectivity index (χ0v) is 15.2. The van der Waals surface area contributed by atoms with Crippen LogP contribution in [0.1, 0.15) is 20.3 Å². The second-order valence-electron chi connectivity index (χ2n) is 7.40. The lowest BCUT2D eigenvalue weighted by molar-refractivity contribution is -0.126. The Morgan fingerprint density at radius 3 is 2.26 bits per heavy atom. The maximum atomic E-state index is 13.2. The van der Waals surface area contributed by atoms with E-state index in [0.717, 1.165) is 10.6 Å². The molecule has 0 radical (unpaired) electrons. The number of para-hydroxylation sites is 1. The minimum atomic E-state index is -0.855. The molecule has 0 bridgehead atoms. The topological polar surface area (TPSA) is 49.9 Å². The molecule has 0 spiro atoms. The minimum absolute atomic E-state index is 0.237. The number of hydroxylamine groups is 1. The van der Waals surface area contributed by atoms with Gasteiger partial charge >= 0.3 is 0 Å². The quantitative estimate of drug-likeness (QED) is 0.775. The smallest absolute Gasteiger partial charge is 0.266 e. The molecule has 0 unspecified atom stereocenters. The average Bonchev–Trinajstić information content (AvgIpc) is 3.13. The lowest BCUT2D eigenvalue weighted by Crippen LogP contribution is -2.41. The molecule has 2 fully saturated rings. The van der Waals surface area contributed by atoms with Crippen molar-refractivity contribution in [3.8, 4) is 0 Å². The SMILES string of the molecule is CC(C)C[C@@H]1[C@H]2C(=O)N(c3ccc(F)cc3)C(=O)[C@H]2ON1c1ccccc1. The lowest BCUT2D eigenvalue weighted by atomic mass is 9.90. The first-order chi connectivity index (χ1) is 13.0. The monoisotopic (exact) mass is 368 g/mol. The molecule has 2 amide bonds. The molecular weight excluding hydrogens is 347 g/mol. The molecule has 0 aliphatic carbocycles. The van der Waals surface area contributed by atoms with Crippen LogP contribution in [0.4, 0.5) is 15.8 Å². The minimum Gasteiger partial charge on any atom is -0.273 e. The number of amides is 2. The number of halogens is 1. The van der Waals surface area contributed by atoms with Crippen molar-refractivity contribution in [2.45, 2.75) is 32.4 Å². The van der Waals surface area contributed by atoms with Crippen LogP contribution in [-0.2, 0) is 14.4 Å². The van der Waals surface area contributed by atoms with Crippen LogP contribution in [0.2, 0.25) is 0 Å². The summed E-state index contributed by atoms with van der Waals surface area (Å²) in [5, 5.41) is 1.72. The van der Waals surface area contributed by atoms with Crippen molar-refractivity contribution in [1.29, 1.82) is 0 Å². The highest BCUT2D eigenvalue weighted by Gasteiger charge is 2.59. The Kier molecular flexibility index (Phi) is 4.44. The van der Waals surface area contributed by atoms with Gasteiger partial charge in [-0.25, -0.2) is 14.4 Å². The average molecular weight is 368 g/mol. The summed E-state index contributed by atoms with van der Waals surface area (Å²) in [4.78, 5) is 33.2. The maximum Gasteiger partial charge on any atom is 0.266 e. The van der Waals surface area contributed by atoms with Gasteiger partial charge in [-0.2, -0.15) is 0 Å². The van der Waals surface area contributed by atoms with Crippen LogP contribution < -0.4 is 9.96 Å². The predicted molar refractivity (Wildman–Crippen MR) is 99.4 cm³/mol. The van der Waals surface area contributed by atoms with E-state index < -0.39 is 23.7 Å². The zero-order valence-electron chi connectivity index (χ0n) is 15.2. The van der Waals surface area contributed by atoms with Crippen molar-refractivity contribution < 1.29 is 18.8 Å². The van der Waals surface area contributed by atoms with E-state index in [2.05, 4.69) is 13.8 Å². The van der Waals surface area contributed by atoms with E-state index in [4.69, 9.17) is 4.84 Å². The van der Waals surface area contributed by atoms with Gasteiger partial charge in [0.05, 0.1) is 23.3 Å². The van der Waals surface area contributed by atoms with Crippen molar-refractivity contribution in [2.24, 2.45) is 11.8 Å². The fraction of sp³-hybridized carbons (Fsp3) is 0.333. The van der Waals surface area contributed by atoms with Crippen LogP contribution >= 0.6 is 0 Å². The number of imide groups is 1. The van der Waals surface area contributed by atoms with Crippen molar-refractivity contribution in [3.63, 3.8) is 0 Å². The van der Waals surface area contributed by atoms with Gasteiger partial charge in [0, 0.05) is 0 Å². The summed E-state index contributed by atoms with van der Waals surface area (Å²) in [6, 6.07) is 14.6. The number of nitrogens with zero attached hydrogens (tertiary/aromatic N) is 2. The Balaban J connectivity index is 1.69. The predicted octanol–water partition coefficient (Wildman–Crippen LogP) is 3.55. The molecule has 4 rings (SSSR count). The van der Waals surface area contributed by atoms with E-state index in [-0.39, 0.29) is 11.9 Å². The Morgan fingerprint density at radius 2 is 1.63 bits per heavy atom. The van der Waals surface area contributed by atoms with Gasteiger partial charge in [0.2, 0.25) is 5.91 Å². The molecule has 0 aromatic heterocycles. The van der Waals surface area contributed by atoms with Crippen LogP contribution in [0.3, 0.4) is 0 Å². The Bertz CT molecular complexity index is 853. The highest BCUT2D eigenvalue weighted by molar-refractivity contribution is 6.23. The largest absolute Gasteiger partial charge is 0.273 e. The summed E-state index contributed by atoms with van der Waals surface area (Å²) in [5.74, 6) is -1.36. The van der Waals surface area contributed by atoms with Gasteiger partial charge in [-0.3, -0.25) is 14.4 Å². The van der Waals surface area contributed by atoms with Crippen molar-refractivity contribution >= 4 is 23.2 Å². The van der Waals surface area contributed by atoms with E-state index in [1.165, 1.54) is 24.3 Å². The molecule has 140 valence electrons. The first-order valence-electron chi connectivity index (χ1n) is 9.12. The van der Waals surface area contributed by atoms with Crippen LogP contribution in [0.15, 0.2) is 54.6 Å². The molecule has 2 aromatic carbocycles. The third-order valence-electron chi connectivity index (χ3n) is 5.05. The fourth-order valence-corrected chi connectivity index (χ4v) is 3.89. The summed E-state index contributed by atoms with van der Waals surface area (Å²) in [6.45, 7) is 4.16. The van der Waals surface area contributed by atoms with E-state index in [1.807, 2.05) is 30.3 Å². The third kappa shape index (κ3) is 3.00. The van der Waals surface area contributed by atoms with Gasteiger partial charge in [0.25, 0.3) is 5.91 Å². The summed E-state index contributed by atoms with van der Waals surface area (Å²) >= 11 is 0. The van der Waals surface area contributed by atoms with Gasteiger partial charge in [-0.05, 0) is 48.7 Å². The van der Waals surface area contributed by atoms with E-state index in [0.29, 0.717) is 18.0 Å². The van der Waals surface area contributed by atoms with Gasteiger partial charge < -0.3 is 0 Å². The molecule has 2 heterocycles. The number of anilines is 2. The molecule has 5 nitrogen and oxygen atoms in total. The van der Waals surface area contributed by atoms with Crippen LogP contribution in [0, 0.1) is 17.7 Å². The molecular formula is C21H21FN2O3. The van der Waals surface area contributed by atoms with Crippen LogP contribution in [0.5, 0.6) is 0 Å². The molecule has 2 aromatic rings. The number of hydrogen-bond acceptors (Lipinski definition) is 4. The number of fused-ring (bicyclic) bond motifs is 1. The van der Waals surface area contributed by atoms with Gasteiger partial charge in [-0.15, -0.1) is 0 Å². The van der Waals surface area contributed by atoms with Crippen molar-refractivity contribution in [1.82, 2.24) is 0 Å². The van der Waals surface area contributed by atoms with Crippen molar-refractivity contribution in [2.75, 3.05) is 9.96 Å². The van der Waals surface area contributed by atoms with Crippen LogP contribution in [-0.4, -0.2) is 24.0 Å². The Hall–Kier alpha value is -2.73. The summed E-state index contributed by atoms with van der Waals surface area (Å²) in [6.07, 6.45) is -0.140. The molecule has 2 aliphatic rings. The zero-order chi connectivity index (χ0) is 19.1. The Labute approximate surface area is 157 Å².